The summed E-state index contributed by atoms with van der Waals surface area (Å²) in [6.07, 6.45) is 4.86. The van der Waals surface area contributed by atoms with E-state index in [0.717, 1.165) is 24.0 Å². The number of hydrogen-bond acceptors (Lipinski definition) is 4. The number of fused-ring (bicyclic) bond motifs is 1. The van der Waals surface area contributed by atoms with Crippen molar-refractivity contribution >= 4 is 22.6 Å². The maximum atomic E-state index is 11.1. The van der Waals surface area contributed by atoms with Gasteiger partial charge in [-0.3, -0.25) is 4.79 Å². The van der Waals surface area contributed by atoms with Gasteiger partial charge in [0, 0.05) is 24.2 Å². The number of carbonyl (C=O) groups is 1. The highest BCUT2D eigenvalue weighted by molar-refractivity contribution is 5.92. The number of nitrogens with one attached hydrogen (secondary N) is 1. The van der Waals surface area contributed by atoms with Crippen LogP contribution in [-0.4, -0.2) is 34.3 Å². The summed E-state index contributed by atoms with van der Waals surface area (Å²) in [4.78, 5) is 15.6. The monoisotopic (exact) mass is 326 g/mol. The van der Waals surface area contributed by atoms with Crippen LogP contribution in [0, 0.1) is 12.8 Å². The second-order valence-electron chi connectivity index (χ2n) is 7.19. The number of anilines is 1. The van der Waals surface area contributed by atoms with Gasteiger partial charge in [-0.15, -0.1) is 0 Å². The fraction of sp³-hybridized carbons (Fsp3) is 0.474. The van der Waals surface area contributed by atoms with Gasteiger partial charge < -0.3 is 15.2 Å². The van der Waals surface area contributed by atoms with E-state index < -0.39 is 5.97 Å². The minimum Gasteiger partial charge on any atom is -0.481 e. The number of aromatic nitrogens is 1. The number of ether oxygens (including phenoxy) is 1. The molecular weight excluding hydrogens is 304 g/mol. The van der Waals surface area contributed by atoms with Gasteiger partial charge in [0.25, 0.3) is 0 Å². The Bertz CT molecular complexity index is 783. The summed E-state index contributed by atoms with van der Waals surface area (Å²) >= 11 is 0. The summed E-state index contributed by atoms with van der Waals surface area (Å²) in [5.74, 6) is -0.0417. The van der Waals surface area contributed by atoms with Gasteiger partial charge in [-0.25, -0.2) is 4.98 Å². The summed E-state index contributed by atoms with van der Waals surface area (Å²) in [5, 5.41) is 15.0. The number of rotatable bonds is 3. The van der Waals surface area contributed by atoms with Gasteiger partial charge in [-0.1, -0.05) is 17.7 Å². The molecule has 2 heterocycles. The van der Waals surface area contributed by atoms with Crippen molar-refractivity contribution in [1.82, 2.24) is 4.98 Å². The van der Waals surface area contributed by atoms with Crippen molar-refractivity contribution in [3.63, 3.8) is 0 Å². The first kappa shape index (κ1) is 15.4. The van der Waals surface area contributed by atoms with Gasteiger partial charge in [-0.2, -0.15) is 0 Å². The molecule has 5 nitrogen and oxygen atoms in total. The van der Waals surface area contributed by atoms with Crippen LogP contribution >= 0.6 is 0 Å². The summed E-state index contributed by atoms with van der Waals surface area (Å²) in [6, 6.07) is 8.67. The molecule has 1 aliphatic heterocycles. The van der Waals surface area contributed by atoms with E-state index in [4.69, 9.17) is 9.84 Å². The quantitative estimate of drug-likeness (QED) is 0.905. The van der Waals surface area contributed by atoms with E-state index in [0.29, 0.717) is 19.4 Å². The van der Waals surface area contributed by atoms with Crippen molar-refractivity contribution in [2.75, 3.05) is 11.9 Å². The first-order valence-corrected chi connectivity index (χ1v) is 8.53. The van der Waals surface area contributed by atoms with Crippen LogP contribution in [-0.2, 0) is 9.53 Å². The predicted octanol–water partition coefficient (Wildman–Crippen LogP) is 3.37. The van der Waals surface area contributed by atoms with Crippen molar-refractivity contribution in [3.05, 3.63) is 36.0 Å². The molecule has 0 radical (unpaired) electrons. The normalized spacial score (nSPS) is 29.4. The second kappa shape index (κ2) is 5.74. The lowest BCUT2D eigenvalue weighted by atomic mass is 9.66. The van der Waals surface area contributed by atoms with E-state index in [1.165, 1.54) is 10.9 Å². The fourth-order valence-electron chi connectivity index (χ4n) is 4.04. The number of aryl methyl sites for hydroxylation is 1. The van der Waals surface area contributed by atoms with E-state index in [2.05, 4.69) is 35.4 Å². The lowest BCUT2D eigenvalue weighted by molar-refractivity contribution is -0.179. The summed E-state index contributed by atoms with van der Waals surface area (Å²) < 4.78 is 5.93. The summed E-state index contributed by atoms with van der Waals surface area (Å²) in [7, 11) is 0. The van der Waals surface area contributed by atoms with Gasteiger partial charge in [-0.05, 0) is 50.1 Å². The van der Waals surface area contributed by atoms with Crippen molar-refractivity contribution in [2.24, 2.45) is 5.92 Å². The first-order valence-electron chi connectivity index (χ1n) is 8.53. The Morgan fingerprint density at radius 1 is 1.33 bits per heavy atom. The smallest absolute Gasteiger partial charge is 0.306 e. The number of hydrogen-bond donors (Lipinski definition) is 2. The predicted molar refractivity (Wildman–Crippen MR) is 92.2 cm³/mol. The van der Waals surface area contributed by atoms with Crippen LogP contribution in [0.4, 0.5) is 5.82 Å². The van der Waals surface area contributed by atoms with E-state index >= 15 is 0 Å². The molecule has 0 amide bonds. The van der Waals surface area contributed by atoms with Crippen LogP contribution in [0.5, 0.6) is 0 Å². The minimum atomic E-state index is -0.703. The highest BCUT2D eigenvalue weighted by Crippen LogP contribution is 2.47. The zero-order valence-corrected chi connectivity index (χ0v) is 13.8. The molecule has 1 aromatic carbocycles. The van der Waals surface area contributed by atoms with Crippen LogP contribution in [0.1, 0.15) is 31.2 Å². The number of aliphatic carboxylic acids is 1. The Hall–Kier alpha value is -2.14. The fourth-order valence-corrected chi connectivity index (χ4v) is 4.04. The maximum Gasteiger partial charge on any atom is 0.306 e. The van der Waals surface area contributed by atoms with E-state index in [9.17, 15) is 4.79 Å². The number of benzene rings is 1. The molecule has 5 heteroatoms. The SMILES string of the molecule is Cc1ccc2ccnc(NC3CCOC4(C3)CC(C(=O)O)C4)c2c1. The highest BCUT2D eigenvalue weighted by atomic mass is 16.5. The molecule has 1 aromatic heterocycles. The molecule has 1 unspecified atom stereocenters. The Morgan fingerprint density at radius 2 is 2.17 bits per heavy atom. The molecule has 1 spiro atoms. The van der Waals surface area contributed by atoms with Crippen molar-refractivity contribution in [3.8, 4) is 0 Å². The summed E-state index contributed by atoms with van der Waals surface area (Å²) in [6.45, 7) is 2.76. The Morgan fingerprint density at radius 3 is 2.96 bits per heavy atom. The molecule has 1 saturated carbocycles. The third-order valence-electron chi connectivity index (χ3n) is 5.34. The molecule has 2 N–H and O–H groups in total. The average Bonchev–Trinajstić information content (AvgIpc) is 2.53. The van der Waals surface area contributed by atoms with Crippen LogP contribution in [0.3, 0.4) is 0 Å². The average molecular weight is 326 g/mol. The molecule has 2 aliphatic rings. The lowest BCUT2D eigenvalue weighted by Gasteiger charge is -2.50. The van der Waals surface area contributed by atoms with Crippen molar-refractivity contribution < 1.29 is 14.6 Å². The molecular formula is C19H22N2O3. The first-order chi connectivity index (χ1) is 11.5. The summed E-state index contributed by atoms with van der Waals surface area (Å²) in [5.41, 5.74) is 0.963. The molecule has 2 fully saturated rings. The van der Waals surface area contributed by atoms with Gasteiger partial charge in [0.15, 0.2) is 0 Å². The molecule has 4 rings (SSSR count). The minimum absolute atomic E-state index is 0.248. The van der Waals surface area contributed by atoms with Crippen molar-refractivity contribution in [2.45, 2.75) is 44.2 Å². The topological polar surface area (TPSA) is 71.5 Å². The molecule has 24 heavy (non-hydrogen) atoms. The van der Waals surface area contributed by atoms with Crippen LogP contribution in [0.15, 0.2) is 30.5 Å². The lowest BCUT2D eigenvalue weighted by Crippen LogP contribution is -2.54. The third-order valence-corrected chi connectivity index (χ3v) is 5.34. The molecule has 0 bridgehead atoms. The number of nitrogens with zero attached hydrogens (tertiary/aromatic N) is 1. The Labute approximate surface area is 141 Å². The van der Waals surface area contributed by atoms with Gasteiger partial charge in [0.1, 0.15) is 5.82 Å². The van der Waals surface area contributed by atoms with E-state index in [-0.39, 0.29) is 17.6 Å². The van der Waals surface area contributed by atoms with E-state index in [1.54, 1.807) is 0 Å². The molecule has 2 aromatic rings. The van der Waals surface area contributed by atoms with Gasteiger partial charge in [0.05, 0.1) is 11.5 Å². The standard InChI is InChI=1S/C19H22N2O3/c1-12-2-3-13-4-6-20-17(16(13)8-12)21-15-5-7-24-19(11-15)9-14(10-19)18(22)23/h2-4,6,8,14-15H,5,7,9-11H2,1H3,(H,20,21)(H,22,23). The number of pyridine rings is 1. The highest BCUT2D eigenvalue weighted by Gasteiger charge is 2.51. The van der Waals surface area contributed by atoms with Crippen LogP contribution < -0.4 is 5.32 Å². The number of carboxylic acid groups (broad SMARTS) is 1. The molecule has 126 valence electrons. The van der Waals surface area contributed by atoms with Crippen molar-refractivity contribution in [1.29, 1.82) is 0 Å². The number of carboxylic acids is 1. The zero-order valence-electron chi connectivity index (χ0n) is 13.8. The van der Waals surface area contributed by atoms with E-state index in [1.807, 2.05) is 12.3 Å². The zero-order chi connectivity index (χ0) is 16.7. The Kier molecular flexibility index (Phi) is 3.68. The van der Waals surface area contributed by atoms with Gasteiger partial charge >= 0.3 is 5.97 Å². The van der Waals surface area contributed by atoms with Crippen LogP contribution in [0.2, 0.25) is 0 Å². The maximum absolute atomic E-state index is 11.1. The second-order valence-corrected chi connectivity index (χ2v) is 7.19. The Balaban J connectivity index is 1.52. The molecule has 1 saturated heterocycles. The molecule has 1 atom stereocenters. The van der Waals surface area contributed by atoms with Crippen LogP contribution in [0.25, 0.3) is 10.8 Å². The third kappa shape index (κ3) is 2.73. The molecule has 1 aliphatic carbocycles. The van der Waals surface area contributed by atoms with Gasteiger partial charge in [0.2, 0.25) is 0 Å². The largest absolute Gasteiger partial charge is 0.481 e.